The minimum absolute atomic E-state index is 0.0566. The number of piperazine rings is 1. The number of ether oxygens (including phenoxy) is 2. The van der Waals surface area contributed by atoms with Crippen LogP contribution in [0.4, 0.5) is 5.69 Å². The molecule has 29 heavy (non-hydrogen) atoms. The zero-order chi connectivity index (χ0) is 20.6. The minimum Gasteiger partial charge on any atom is -0.494 e. The summed E-state index contributed by atoms with van der Waals surface area (Å²) >= 11 is 0. The molecule has 158 valence electrons. The Morgan fingerprint density at radius 3 is 2.48 bits per heavy atom. The lowest BCUT2D eigenvalue weighted by atomic mass is 10.2. The molecule has 0 saturated carbocycles. The Balaban J connectivity index is 1.50. The first-order chi connectivity index (χ1) is 14.1. The number of anilines is 1. The number of amides is 1. The van der Waals surface area contributed by atoms with Gasteiger partial charge in [0, 0.05) is 38.3 Å². The molecule has 1 N–H and O–H groups in total. The molecule has 0 atom stereocenters. The van der Waals surface area contributed by atoms with Gasteiger partial charge < -0.3 is 19.3 Å². The summed E-state index contributed by atoms with van der Waals surface area (Å²) in [5.74, 6) is 2.18. The molecule has 0 radical (unpaired) electrons. The van der Waals surface area contributed by atoms with Crippen molar-refractivity contribution in [1.29, 1.82) is 0 Å². The number of benzene rings is 1. The van der Waals surface area contributed by atoms with Crippen LogP contribution in [0.2, 0.25) is 0 Å². The van der Waals surface area contributed by atoms with Crippen LogP contribution in [0.15, 0.2) is 28.8 Å². The third-order valence-corrected chi connectivity index (χ3v) is 4.72. The van der Waals surface area contributed by atoms with E-state index in [-0.39, 0.29) is 5.91 Å². The number of nitrogens with one attached hydrogen (secondary N) is 1. The van der Waals surface area contributed by atoms with E-state index >= 15 is 0 Å². The normalized spacial score (nSPS) is 15.3. The van der Waals surface area contributed by atoms with Crippen molar-refractivity contribution in [1.82, 2.24) is 15.0 Å². The second-order valence-corrected chi connectivity index (χ2v) is 7.06. The molecule has 1 fully saturated rings. The van der Waals surface area contributed by atoms with Gasteiger partial charge in [0.15, 0.2) is 5.76 Å². The molecule has 0 unspecified atom stereocenters. The number of nitrogens with zero attached hydrogens (tertiary/aromatic N) is 3. The molecule has 0 aliphatic carbocycles. The Morgan fingerprint density at radius 1 is 1.10 bits per heavy atom. The second-order valence-electron chi connectivity index (χ2n) is 7.06. The maximum atomic E-state index is 12.6. The van der Waals surface area contributed by atoms with E-state index in [9.17, 15) is 4.79 Å². The highest BCUT2D eigenvalue weighted by molar-refractivity contribution is 5.94. The molecule has 1 aliphatic heterocycles. The average molecular weight is 402 g/mol. The molecule has 8 nitrogen and oxygen atoms in total. The van der Waals surface area contributed by atoms with Crippen molar-refractivity contribution in [2.45, 2.75) is 27.3 Å². The monoisotopic (exact) mass is 402 g/mol. The smallest absolute Gasteiger partial charge is 0.238 e. The molecular formula is C21H30N4O4. The lowest BCUT2D eigenvalue weighted by Crippen LogP contribution is -2.48. The van der Waals surface area contributed by atoms with Crippen LogP contribution in [0, 0.1) is 6.92 Å². The first-order valence-corrected chi connectivity index (χ1v) is 10.1. The van der Waals surface area contributed by atoms with Crippen LogP contribution in [0.25, 0.3) is 0 Å². The highest BCUT2D eigenvalue weighted by Gasteiger charge is 2.20. The van der Waals surface area contributed by atoms with Crippen molar-refractivity contribution in [3.63, 3.8) is 0 Å². The summed E-state index contributed by atoms with van der Waals surface area (Å²) in [6, 6.07) is 7.45. The summed E-state index contributed by atoms with van der Waals surface area (Å²) in [5, 5.41) is 6.90. The lowest BCUT2D eigenvalue weighted by molar-refractivity contribution is -0.117. The minimum atomic E-state index is -0.0566. The van der Waals surface area contributed by atoms with Gasteiger partial charge in [0.25, 0.3) is 0 Å². The molecule has 1 aromatic heterocycles. The molecule has 1 amide bonds. The van der Waals surface area contributed by atoms with Gasteiger partial charge >= 0.3 is 0 Å². The SMILES string of the molecule is CCOc1ccc(OCC)c(NC(=O)CN2CCN(Cc3cc(C)no3)CC2)c1. The van der Waals surface area contributed by atoms with Gasteiger partial charge in [-0.25, -0.2) is 0 Å². The summed E-state index contributed by atoms with van der Waals surface area (Å²) < 4.78 is 16.5. The van der Waals surface area contributed by atoms with Gasteiger partial charge in [-0.2, -0.15) is 0 Å². The maximum absolute atomic E-state index is 12.6. The number of hydrogen-bond acceptors (Lipinski definition) is 7. The largest absolute Gasteiger partial charge is 0.494 e. The Labute approximate surface area is 171 Å². The number of carbonyl (C=O) groups excluding carboxylic acids is 1. The van der Waals surface area contributed by atoms with Crippen molar-refractivity contribution in [2.75, 3.05) is 51.3 Å². The molecule has 2 aromatic rings. The van der Waals surface area contributed by atoms with Crippen LogP contribution < -0.4 is 14.8 Å². The average Bonchev–Trinajstić information content (AvgIpc) is 3.10. The predicted octanol–water partition coefficient (Wildman–Crippen LogP) is 2.54. The Morgan fingerprint density at radius 2 is 1.83 bits per heavy atom. The predicted molar refractivity (Wildman–Crippen MR) is 110 cm³/mol. The van der Waals surface area contributed by atoms with Crippen molar-refractivity contribution < 1.29 is 18.8 Å². The first-order valence-electron chi connectivity index (χ1n) is 10.1. The Hall–Kier alpha value is -2.58. The fourth-order valence-electron chi connectivity index (χ4n) is 3.35. The zero-order valence-electron chi connectivity index (χ0n) is 17.4. The molecule has 0 spiro atoms. The van der Waals surface area contributed by atoms with E-state index in [1.54, 1.807) is 0 Å². The van der Waals surface area contributed by atoms with Crippen LogP contribution in [-0.4, -0.2) is 66.8 Å². The molecule has 1 aromatic carbocycles. The van der Waals surface area contributed by atoms with Gasteiger partial charge in [0.2, 0.25) is 5.91 Å². The Kier molecular flexibility index (Phi) is 7.48. The summed E-state index contributed by atoms with van der Waals surface area (Å²) in [7, 11) is 0. The summed E-state index contributed by atoms with van der Waals surface area (Å²) in [5.41, 5.74) is 1.54. The third-order valence-electron chi connectivity index (χ3n) is 4.72. The molecular weight excluding hydrogens is 372 g/mol. The highest BCUT2D eigenvalue weighted by Crippen LogP contribution is 2.29. The van der Waals surface area contributed by atoms with Gasteiger partial charge in [-0.05, 0) is 32.9 Å². The van der Waals surface area contributed by atoms with Crippen LogP contribution in [0.5, 0.6) is 11.5 Å². The Bertz CT molecular complexity index is 800. The standard InChI is InChI=1S/C21H30N4O4/c1-4-27-17-6-7-20(28-5-2)19(13-17)22-21(26)15-25-10-8-24(9-11-25)14-18-12-16(3)23-29-18/h6-7,12-13H,4-5,8-11,14-15H2,1-3H3,(H,22,26). The number of aromatic nitrogens is 1. The quantitative estimate of drug-likeness (QED) is 0.690. The van der Waals surface area contributed by atoms with Gasteiger partial charge in [-0.15, -0.1) is 0 Å². The van der Waals surface area contributed by atoms with Gasteiger partial charge in [-0.1, -0.05) is 5.16 Å². The molecule has 1 saturated heterocycles. The number of aryl methyl sites for hydroxylation is 1. The number of carbonyl (C=O) groups is 1. The third kappa shape index (κ3) is 6.20. The zero-order valence-corrected chi connectivity index (χ0v) is 17.4. The second kappa shape index (κ2) is 10.3. The number of rotatable bonds is 9. The molecule has 0 bridgehead atoms. The van der Waals surface area contributed by atoms with Crippen molar-refractivity contribution in [3.8, 4) is 11.5 Å². The summed E-state index contributed by atoms with van der Waals surface area (Å²) in [6.07, 6.45) is 0. The first kappa shape index (κ1) is 21.1. The van der Waals surface area contributed by atoms with E-state index < -0.39 is 0 Å². The maximum Gasteiger partial charge on any atom is 0.238 e. The van der Waals surface area contributed by atoms with Crippen LogP contribution >= 0.6 is 0 Å². The molecule has 3 rings (SSSR count). The van der Waals surface area contributed by atoms with Crippen LogP contribution in [0.1, 0.15) is 25.3 Å². The van der Waals surface area contributed by atoms with Crippen molar-refractivity contribution in [3.05, 3.63) is 35.7 Å². The van der Waals surface area contributed by atoms with E-state index in [1.165, 1.54) is 0 Å². The van der Waals surface area contributed by atoms with Crippen LogP contribution in [-0.2, 0) is 11.3 Å². The van der Waals surface area contributed by atoms with Crippen molar-refractivity contribution >= 4 is 11.6 Å². The molecule has 2 heterocycles. The number of hydrogen-bond donors (Lipinski definition) is 1. The van der Waals surface area contributed by atoms with E-state index in [0.29, 0.717) is 36.9 Å². The van der Waals surface area contributed by atoms with Crippen molar-refractivity contribution in [2.24, 2.45) is 0 Å². The van der Waals surface area contributed by atoms with E-state index in [0.717, 1.165) is 44.2 Å². The topological polar surface area (TPSA) is 80.1 Å². The molecule has 8 heteroatoms. The van der Waals surface area contributed by atoms with Crippen LogP contribution in [0.3, 0.4) is 0 Å². The van der Waals surface area contributed by atoms with Gasteiger partial charge in [0.05, 0.1) is 37.7 Å². The highest BCUT2D eigenvalue weighted by atomic mass is 16.5. The summed E-state index contributed by atoms with van der Waals surface area (Å²) in [4.78, 5) is 17.1. The van der Waals surface area contributed by atoms with E-state index in [1.807, 2.05) is 45.0 Å². The molecule has 1 aliphatic rings. The lowest BCUT2D eigenvalue weighted by Gasteiger charge is -2.33. The fourth-order valence-corrected chi connectivity index (χ4v) is 3.35. The van der Waals surface area contributed by atoms with E-state index in [4.69, 9.17) is 14.0 Å². The summed E-state index contributed by atoms with van der Waals surface area (Å²) in [6.45, 7) is 11.4. The van der Waals surface area contributed by atoms with Gasteiger partial charge in [0.1, 0.15) is 11.5 Å². The van der Waals surface area contributed by atoms with E-state index in [2.05, 4.69) is 20.3 Å². The fraction of sp³-hybridized carbons (Fsp3) is 0.524. The van der Waals surface area contributed by atoms with Gasteiger partial charge in [-0.3, -0.25) is 14.6 Å².